The molecule has 16 heavy (non-hydrogen) atoms. The summed E-state index contributed by atoms with van der Waals surface area (Å²) >= 11 is 0. The Labute approximate surface area is 97.7 Å². The lowest BCUT2D eigenvalue weighted by atomic mass is 9.86. The van der Waals surface area contributed by atoms with Crippen LogP contribution in [-0.4, -0.2) is 31.9 Å². The van der Waals surface area contributed by atoms with Gasteiger partial charge in [0.1, 0.15) is 5.25 Å². The van der Waals surface area contributed by atoms with E-state index in [0.717, 1.165) is 25.5 Å². The van der Waals surface area contributed by atoms with Crippen molar-refractivity contribution in [2.24, 2.45) is 5.92 Å². The Bertz CT molecular complexity index is 350. The van der Waals surface area contributed by atoms with Crippen LogP contribution in [0.2, 0.25) is 0 Å². The first-order chi connectivity index (χ1) is 7.32. The summed E-state index contributed by atoms with van der Waals surface area (Å²) < 4.78 is 22.5. The Morgan fingerprint density at radius 3 is 2.38 bits per heavy atom. The first kappa shape index (κ1) is 13.5. The average Bonchev–Trinajstić information content (AvgIpc) is 2.19. The normalized spacial score (nSPS) is 28.4. The molecule has 1 aliphatic carbocycles. The highest BCUT2D eigenvalue weighted by molar-refractivity contribution is 7.92. The molecule has 1 amide bonds. The molecule has 1 fully saturated rings. The van der Waals surface area contributed by atoms with Gasteiger partial charge in [0.25, 0.3) is 0 Å². The van der Waals surface area contributed by atoms with E-state index in [2.05, 4.69) is 12.2 Å². The van der Waals surface area contributed by atoms with Crippen LogP contribution in [0.25, 0.3) is 0 Å². The van der Waals surface area contributed by atoms with E-state index < -0.39 is 15.1 Å². The third kappa shape index (κ3) is 3.47. The van der Waals surface area contributed by atoms with Crippen molar-refractivity contribution in [3.8, 4) is 0 Å². The standard InChI is InChI=1S/C11H21NO3S/c1-8-6-4-5-7-10(8)12-11(13)9(2)16(3,14)15/h8-10H,4-7H2,1-3H3,(H,12,13)/t8-,9-,10-/m1/s1. The molecule has 0 aromatic rings. The Hall–Kier alpha value is -0.580. The number of hydrogen-bond donors (Lipinski definition) is 1. The number of amides is 1. The molecule has 94 valence electrons. The number of nitrogens with one attached hydrogen (secondary N) is 1. The summed E-state index contributed by atoms with van der Waals surface area (Å²) in [5.74, 6) is 0.0886. The molecule has 0 unspecified atom stereocenters. The highest BCUT2D eigenvalue weighted by Gasteiger charge is 2.28. The van der Waals surface area contributed by atoms with Crippen LogP contribution in [0.1, 0.15) is 39.5 Å². The van der Waals surface area contributed by atoms with E-state index in [1.165, 1.54) is 13.3 Å². The summed E-state index contributed by atoms with van der Waals surface area (Å²) in [6, 6.07) is 0.144. The van der Waals surface area contributed by atoms with Gasteiger partial charge in [-0.1, -0.05) is 19.8 Å². The van der Waals surface area contributed by atoms with E-state index in [1.54, 1.807) is 0 Å². The van der Waals surface area contributed by atoms with Crippen LogP contribution < -0.4 is 5.32 Å². The highest BCUT2D eigenvalue weighted by atomic mass is 32.2. The number of sulfone groups is 1. The Morgan fingerprint density at radius 2 is 1.88 bits per heavy atom. The van der Waals surface area contributed by atoms with Gasteiger partial charge in [0.15, 0.2) is 9.84 Å². The molecule has 0 aromatic carbocycles. The van der Waals surface area contributed by atoms with Gasteiger partial charge in [-0.05, 0) is 25.7 Å². The lowest BCUT2D eigenvalue weighted by Gasteiger charge is -2.30. The lowest BCUT2D eigenvalue weighted by Crippen LogP contribution is -2.46. The number of carbonyl (C=O) groups is 1. The minimum absolute atomic E-state index is 0.144. The first-order valence-corrected chi connectivity index (χ1v) is 7.77. The smallest absolute Gasteiger partial charge is 0.238 e. The summed E-state index contributed by atoms with van der Waals surface area (Å²) in [5, 5.41) is 1.91. The van der Waals surface area contributed by atoms with Gasteiger partial charge < -0.3 is 5.32 Å². The van der Waals surface area contributed by atoms with Crippen molar-refractivity contribution in [1.29, 1.82) is 0 Å². The molecule has 1 rings (SSSR count). The molecule has 1 N–H and O–H groups in total. The number of hydrogen-bond acceptors (Lipinski definition) is 3. The van der Waals surface area contributed by atoms with Crippen LogP contribution in [0, 0.1) is 5.92 Å². The fourth-order valence-corrected chi connectivity index (χ4v) is 2.48. The predicted octanol–water partition coefficient (Wildman–Crippen LogP) is 1.11. The molecule has 1 saturated carbocycles. The highest BCUT2D eigenvalue weighted by Crippen LogP contribution is 2.23. The van der Waals surface area contributed by atoms with Crippen molar-refractivity contribution in [2.45, 2.75) is 50.8 Å². The van der Waals surface area contributed by atoms with Crippen LogP contribution in [0.4, 0.5) is 0 Å². The Balaban J connectivity index is 2.57. The second-order valence-electron chi connectivity index (χ2n) is 4.85. The van der Waals surface area contributed by atoms with E-state index in [4.69, 9.17) is 0 Å². The molecular weight excluding hydrogens is 226 g/mol. The van der Waals surface area contributed by atoms with E-state index in [-0.39, 0.29) is 11.9 Å². The summed E-state index contributed by atoms with van der Waals surface area (Å²) in [6.07, 6.45) is 5.49. The van der Waals surface area contributed by atoms with Crippen LogP contribution in [0.15, 0.2) is 0 Å². The maximum atomic E-state index is 11.7. The maximum Gasteiger partial charge on any atom is 0.238 e. The van der Waals surface area contributed by atoms with E-state index >= 15 is 0 Å². The topological polar surface area (TPSA) is 63.2 Å². The average molecular weight is 247 g/mol. The molecule has 0 saturated heterocycles. The molecule has 0 bridgehead atoms. The second-order valence-corrected chi connectivity index (χ2v) is 7.21. The fraction of sp³-hybridized carbons (Fsp3) is 0.909. The molecule has 0 radical (unpaired) electrons. The second kappa shape index (κ2) is 5.17. The van der Waals surface area contributed by atoms with Gasteiger partial charge in [-0.2, -0.15) is 0 Å². The maximum absolute atomic E-state index is 11.7. The summed E-state index contributed by atoms with van der Waals surface area (Å²) in [5.41, 5.74) is 0. The summed E-state index contributed by atoms with van der Waals surface area (Å²) in [6.45, 7) is 3.55. The molecule has 0 heterocycles. The zero-order valence-corrected chi connectivity index (χ0v) is 11.0. The SMILES string of the molecule is C[C@@H]1CCCC[C@H]1NC(=O)[C@@H](C)S(C)(=O)=O. The van der Waals surface area contributed by atoms with Crippen LogP contribution >= 0.6 is 0 Å². The summed E-state index contributed by atoms with van der Waals surface area (Å²) in [7, 11) is -3.28. The molecule has 0 spiro atoms. The summed E-state index contributed by atoms with van der Waals surface area (Å²) in [4.78, 5) is 11.7. The molecule has 1 aliphatic rings. The zero-order chi connectivity index (χ0) is 12.3. The van der Waals surface area contributed by atoms with Gasteiger partial charge in [0.05, 0.1) is 0 Å². The lowest BCUT2D eigenvalue weighted by molar-refractivity contribution is -0.121. The molecule has 5 heteroatoms. The quantitative estimate of drug-likeness (QED) is 0.812. The van der Waals surface area contributed by atoms with Crippen molar-refractivity contribution < 1.29 is 13.2 Å². The number of carbonyl (C=O) groups excluding carboxylic acids is 1. The molecule has 0 aliphatic heterocycles. The third-order valence-electron chi connectivity index (χ3n) is 3.45. The van der Waals surface area contributed by atoms with Gasteiger partial charge in [-0.3, -0.25) is 4.79 Å². The molecule has 0 aromatic heterocycles. The fourth-order valence-electron chi connectivity index (χ4n) is 2.03. The third-order valence-corrected chi connectivity index (χ3v) is 4.95. The van der Waals surface area contributed by atoms with Crippen LogP contribution in [-0.2, 0) is 14.6 Å². The van der Waals surface area contributed by atoms with Gasteiger partial charge >= 0.3 is 0 Å². The van der Waals surface area contributed by atoms with E-state index in [0.29, 0.717) is 5.92 Å². The van der Waals surface area contributed by atoms with Crippen LogP contribution in [0.3, 0.4) is 0 Å². The van der Waals surface area contributed by atoms with Gasteiger partial charge in [0, 0.05) is 12.3 Å². The van der Waals surface area contributed by atoms with Crippen molar-refractivity contribution in [3.63, 3.8) is 0 Å². The minimum atomic E-state index is -3.28. The van der Waals surface area contributed by atoms with Gasteiger partial charge in [0.2, 0.25) is 5.91 Å². The monoisotopic (exact) mass is 247 g/mol. The predicted molar refractivity (Wildman–Crippen MR) is 63.9 cm³/mol. The molecular formula is C11H21NO3S. The molecule has 3 atom stereocenters. The first-order valence-electron chi connectivity index (χ1n) is 5.81. The number of rotatable bonds is 3. The van der Waals surface area contributed by atoms with Gasteiger partial charge in [-0.15, -0.1) is 0 Å². The zero-order valence-electron chi connectivity index (χ0n) is 10.2. The van der Waals surface area contributed by atoms with Gasteiger partial charge in [-0.25, -0.2) is 8.42 Å². The van der Waals surface area contributed by atoms with E-state index in [1.807, 2.05) is 0 Å². The van der Waals surface area contributed by atoms with E-state index in [9.17, 15) is 13.2 Å². The molecule has 4 nitrogen and oxygen atoms in total. The van der Waals surface area contributed by atoms with Crippen LogP contribution in [0.5, 0.6) is 0 Å². The van der Waals surface area contributed by atoms with Crippen molar-refractivity contribution in [3.05, 3.63) is 0 Å². The largest absolute Gasteiger partial charge is 0.352 e. The minimum Gasteiger partial charge on any atom is -0.352 e. The Morgan fingerprint density at radius 1 is 1.31 bits per heavy atom. The van der Waals surface area contributed by atoms with Crippen molar-refractivity contribution in [1.82, 2.24) is 5.32 Å². The Kier molecular flexibility index (Phi) is 4.35. The van der Waals surface area contributed by atoms with Crippen molar-refractivity contribution in [2.75, 3.05) is 6.26 Å². The van der Waals surface area contributed by atoms with Crippen molar-refractivity contribution >= 4 is 15.7 Å².